The lowest BCUT2D eigenvalue weighted by molar-refractivity contribution is -0.150. The molecule has 0 radical (unpaired) electrons. The molecule has 220 valence electrons. The molecule has 3 N–H and O–H groups in total. The first-order valence-corrected chi connectivity index (χ1v) is 13.8. The Bertz CT molecular complexity index is 1580. The van der Waals surface area contributed by atoms with Gasteiger partial charge in [-0.3, -0.25) is 14.2 Å². The van der Waals surface area contributed by atoms with E-state index < -0.39 is 12.0 Å². The Morgan fingerprint density at radius 1 is 1.12 bits per heavy atom. The van der Waals surface area contributed by atoms with Gasteiger partial charge >= 0.3 is 5.97 Å². The van der Waals surface area contributed by atoms with Crippen LogP contribution in [0.25, 0.3) is 33.3 Å². The summed E-state index contributed by atoms with van der Waals surface area (Å²) in [7, 11) is 5.45. The molecule has 4 aromatic rings. The maximum Gasteiger partial charge on any atom is 0.324 e. The van der Waals surface area contributed by atoms with Crippen LogP contribution in [0.5, 0.6) is 5.88 Å². The van der Waals surface area contributed by atoms with Crippen molar-refractivity contribution >= 4 is 28.6 Å². The number of benzene rings is 1. The van der Waals surface area contributed by atoms with Crippen molar-refractivity contribution in [3.8, 4) is 28.1 Å². The fourth-order valence-electron chi connectivity index (χ4n) is 4.39. The number of hydrogen-bond acceptors (Lipinski definition) is 8. The Balaban J connectivity index is 1.68. The van der Waals surface area contributed by atoms with Crippen molar-refractivity contribution in [3.05, 3.63) is 73.2 Å². The van der Waals surface area contributed by atoms with Crippen LogP contribution in [0.15, 0.2) is 73.2 Å². The number of nitrogens with one attached hydrogen (secondary N) is 1. The number of aromatic nitrogens is 3. The van der Waals surface area contributed by atoms with Gasteiger partial charge in [-0.05, 0) is 55.4 Å². The van der Waals surface area contributed by atoms with Crippen molar-refractivity contribution in [2.75, 3.05) is 33.1 Å². The number of ether oxygens (including phenoxy) is 2. The number of methoxy groups -OCH3 is 1. The summed E-state index contributed by atoms with van der Waals surface area (Å²) in [4.78, 5) is 36.0. The SMILES string of the molecule is CC[C@H](C)[C@H](N)C(=O)OCn1cc(-c2ccnc(OC)c2)c2cc(-c3cccc(NC(=O)/C=C/CN(C)C)c3)cnc21. The van der Waals surface area contributed by atoms with Gasteiger partial charge in [0.15, 0.2) is 6.73 Å². The van der Waals surface area contributed by atoms with Crippen molar-refractivity contribution in [2.45, 2.75) is 33.0 Å². The van der Waals surface area contributed by atoms with Gasteiger partial charge in [0.25, 0.3) is 0 Å². The molecule has 3 heterocycles. The predicted molar refractivity (Wildman–Crippen MR) is 165 cm³/mol. The van der Waals surface area contributed by atoms with Crippen LogP contribution in [0.2, 0.25) is 0 Å². The van der Waals surface area contributed by atoms with Crippen LogP contribution >= 0.6 is 0 Å². The molecule has 1 aromatic carbocycles. The summed E-state index contributed by atoms with van der Waals surface area (Å²) < 4.78 is 12.7. The fraction of sp³-hybridized carbons (Fsp3) is 0.312. The van der Waals surface area contributed by atoms with Crippen LogP contribution in [-0.4, -0.2) is 65.1 Å². The molecule has 0 aliphatic heterocycles. The minimum atomic E-state index is -0.698. The lowest BCUT2D eigenvalue weighted by Crippen LogP contribution is -2.38. The molecular weight excluding hydrogens is 532 g/mol. The van der Waals surface area contributed by atoms with E-state index in [0.29, 0.717) is 23.8 Å². The fourth-order valence-corrected chi connectivity index (χ4v) is 4.39. The quantitative estimate of drug-likeness (QED) is 0.185. The summed E-state index contributed by atoms with van der Waals surface area (Å²) in [5.74, 6) is -0.165. The number of amides is 1. The molecule has 0 aliphatic carbocycles. The summed E-state index contributed by atoms with van der Waals surface area (Å²) in [6, 6.07) is 12.7. The van der Waals surface area contributed by atoms with Gasteiger partial charge in [-0.15, -0.1) is 0 Å². The second-order valence-electron chi connectivity index (χ2n) is 10.4. The number of carbonyl (C=O) groups is 2. The molecule has 0 fully saturated rings. The number of anilines is 1. The largest absolute Gasteiger partial charge is 0.481 e. The Morgan fingerprint density at radius 3 is 2.67 bits per heavy atom. The van der Waals surface area contributed by atoms with E-state index in [0.717, 1.165) is 34.1 Å². The van der Waals surface area contributed by atoms with E-state index in [1.807, 2.05) is 87.6 Å². The first-order valence-electron chi connectivity index (χ1n) is 13.8. The third-order valence-corrected chi connectivity index (χ3v) is 7.05. The van der Waals surface area contributed by atoms with Crippen LogP contribution in [0.3, 0.4) is 0 Å². The van der Waals surface area contributed by atoms with Gasteiger partial charge in [-0.1, -0.05) is 38.5 Å². The summed E-state index contributed by atoms with van der Waals surface area (Å²) in [6.45, 7) is 4.56. The third-order valence-electron chi connectivity index (χ3n) is 7.05. The molecule has 0 saturated carbocycles. The molecule has 0 unspecified atom stereocenters. The number of nitrogens with two attached hydrogens (primary N) is 1. The topological polar surface area (TPSA) is 125 Å². The molecule has 2 atom stereocenters. The minimum Gasteiger partial charge on any atom is -0.481 e. The van der Waals surface area contributed by atoms with Crippen molar-refractivity contribution in [1.29, 1.82) is 0 Å². The number of likely N-dealkylation sites (N-methyl/N-ethyl adjacent to an activating group) is 1. The third kappa shape index (κ3) is 7.39. The van der Waals surface area contributed by atoms with Crippen molar-refractivity contribution < 1.29 is 19.1 Å². The van der Waals surface area contributed by atoms with Gasteiger partial charge in [0.05, 0.1) is 7.11 Å². The van der Waals surface area contributed by atoms with Crippen LogP contribution < -0.4 is 15.8 Å². The molecule has 42 heavy (non-hydrogen) atoms. The van der Waals surface area contributed by atoms with Gasteiger partial charge in [0, 0.05) is 59.5 Å². The molecule has 10 heteroatoms. The highest BCUT2D eigenvalue weighted by Gasteiger charge is 2.22. The maximum absolute atomic E-state index is 12.6. The average Bonchev–Trinajstić information content (AvgIpc) is 3.36. The highest BCUT2D eigenvalue weighted by Crippen LogP contribution is 2.34. The zero-order valence-corrected chi connectivity index (χ0v) is 24.7. The number of hydrogen-bond donors (Lipinski definition) is 2. The van der Waals surface area contributed by atoms with E-state index in [1.54, 1.807) is 24.1 Å². The second kappa shape index (κ2) is 13.9. The number of fused-ring (bicyclic) bond motifs is 1. The molecule has 0 spiro atoms. The van der Waals surface area contributed by atoms with E-state index >= 15 is 0 Å². The van der Waals surface area contributed by atoms with Crippen LogP contribution in [0.1, 0.15) is 20.3 Å². The Labute approximate surface area is 246 Å². The second-order valence-corrected chi connectivity index (χ2v) is 10.4. The van der Waals surface area contributed by atoms with E-state index in [1.165, 1.54) is 6.08 Å². The van der Waals surface area contributed by atoms with Crippen LogP contribution in [-0.2, 0) is 21.1 Å². The first kappa shape index (κ1) is 30.4. The normalized spacial score (nSPS) is 12.9. The first-order chi connectivity index (χ1) is 20.2. The van der Waals surface area contributed by atoms with E-state index in [9.17, 15) is 9.59 Å². The van der Waals surface area contributed by atoms with E-state index in [2.05, 4.69) is 10.3 Å². The zero-order chi connectivity index (χ0) is 30.2. The molecule has 0 bridgehead atoms. The lowest BCUT2D eigenvalue weighted by Gasteiger charge is -2.17. The smallest absolute Gasteiger partial charge is 0.324 e. The van der Waals surface area contributed by atoms with Crippen LogP contribution in [0, 0.1) is 5.92 Å². The maximum atomic E-state index is 12.6. The van der Waals surface area contributed by atoms with Gasteiger partial charge < -0.3 is 25.4 Å². The highest BCUT2D eigenvalue weighted by atomic mass is 16.5. The Kier molecular flexibility index (Phi) is 10.1. The summed E-state index contributed by atoms with van der Waals surface area (Å²) >= 11 is 0. The number of nitrogens with zero attached hydrogens (tertiary/aromatic N) is 4. The number of esters is 1. The number of pyridine rings is 2. The molecule has 1 amide bonds. The van der Waals surface area contributed by atoms with Gasteiger partial charge in [0.1, 0.15) is 11.7 Å². The zero-order valence-electron chi connectivity index (χ0n) is 24.7. The van der Waals surface area contributed by atoms with Gasteiger partial charge in [-0.25, -0.2) is 9.97 Å². The minimum absolute atomic E-state index is 0.00838. The van der Waals surface area contributed by atoms with E-state index in [-0.39, 0.29) is 18.6 Å². The molecule has 10 nitrogen and oxygen atoms in total. The van der Waals surface area contributed by atoms with Gasteiger partial charge in [-0.2, -0.15) is 0 Å². The standard InChI is InChI=1S/C32H38N6O4/c1-6-21(2)30(33)32(40)42-20-38-19-27(23-12-13-34-29(17-23)41-5)26-16-24(18-35-31(26)38)22-9-7-10-25(15-22)36-28(39)11-8-14-37(3)4/h7-13,15-19,21,30H,6,14,20,33H2,1-5H3,(H,36,39)/b11-8+/t21-,30-/m0/s1. The van der Waals surface area contributed by atoms with Gasteiger partial charge in [0.2, 0.25) is 11.8 Å². The summed E-state index contributed by atoms with van der Waals surface area (Å²) in [5, 5.41) is 3.77. The number of rotatable bonds is 12. The summed E-state index contributed by atoms with van der Waals surface area (Å²) in [6.07, 6.45) is 9.46. The van der Waals surface area contributed by atoms with Crippen molar-refractivity contribution in [3.63, 3.8) is 0 Å². The molecular formula is C32H38N6O4. The Morgan fingerprint density at radius 2 is 1.93 bits per heavy atom. The molecule has 0 saturated heterocycles. The predicted octanol–water partition coefficient (Wildman–Crippen LogP) is 4.70. The monoisotopic (exact) mass is 570 g/mol. The molecule has 0 aliphatic rings. The van der Waals surface area contributed by atoms with Crippen molar-refractivity contribution in [1.82, 2.24) is 19.4 Å². The van der Waals surface area contributed by atoms with Crippen LogP contribution in [0.4, 0.5) is 5.69 Å². The summed E-state index contributed by atoms with van der Waals surface area (Å²) in [5.41, 5.74) is 10.9. The highest BCUT2D eigenvalue weighted by molar-refractivity contribution is 6.00. The average molecular weight is 571 g/mol. The molecule has 4 rings (SSSR count). The number of carbonyl (C=O) groups excluding carboxylic acids is 2. The molecule has 3 aromatic heterocycles. The Hall–Kier alpha value is -4.54. The lowest BCUT2D eigenvalue weighted by atomic mass is 10.0. The van der Waals surface area contributed by atoms with Crippen molar-refractivity contribution in [2.24, 2.45) is 11.7 Å². The van der Waals surface area contributed by atoms with E-state index in [4.69, 9.17) is 20.2 Å².